The zero-order valence-electron chi connectivity index (χ0n) is 57.3. The maximum Gasteiger partial charge on any atom is 0.220 e. The van der Waals surface area contributed by atoms with E-state index in [1.165, 1.54) is 180 Å². The number of hydrogen-bond acceptors (Lipinski definition) is 13. The molecule has 2 aliphatic heterocycles. The van der Waals surface area contributed by atoms with Gasteiger partial charge in [-0.1, -0.05) is 304 Å². The Morgan fingerprint density at radius 3 is 1.16 bits per heavy atom. The van der Waals surface area contributed by atoms with Crippen LogP contribution in [0.4, 0.5) is 0 Å². The van der Waals surface area contributed by atoms with Crippen molar-refractivity contribution >= 4 is 5.91 Å². The lowest BCUT2D eigenvalue weighted by Crippen LogP contribution is -2.65. The van der Waals surface area contributed by atoms with Crippen LogP contribution in [0.25, 0.3) is 0 Å². The van der Waals surface area contributed by atoms with E-state index in [0.29, 0.717) is 6.42 Å². The van der Waals surface area contributed by atoms with Gasteiger partial charge in [0.1, 0.15) is 48.8 Å². The largest absolute Gasteiger partial charge is 0.394 e. The average Bonchev–Trinajstić information content (AvgIpc) is 1.04. The number of rotatable bonds is 60. The summed E-state index contributed by atoms with van der Waals surface area (Å²) in [6.07, 6.45) is 68.9. The van der Waals surface area contributed by atoms with Gasteiger partial charge in [-0.05, 0) is 77.0 Å². The van der Waals surface area contributed by atoms with E-state index in [-0.39, 0.29) is 18.9 Å². The monoisotopic (exact) mass is 1280 g/mol. The summed E-state index contributed by atoms with van der Waals surface area (Å²) in [4.78, 5) is 13.4. The van der Waals surface area contributed by atoms with Gasteiger partial charge in [0.05, 0.1) is 32.0 Å². The van der Waals surface area contributed by atoms with E-state index in [2.05, 4.69) is 104 Å². The van der Waals surface area contributed by atoms with Crippen molar-refractivity contribution in [3.63, 3.8) is 0 Å². The van der Waals surface area contributed by atoms with Crippen molar-refractivity contribution in [2.45, 2.75) is 364 Å². The molecule has 0 aromatic carbocycles. The topological polar surface area (TPSA) is 228 Å². The molecule has 0 radical (unpaired) electrons. The van der Waals surface area contributed by atoms with Crippen LogP contribution >= 0.6 is 0 Å². The third kappa shape index (κ3) is 44.3. The zero-order valence-corrected chi connectivity index (χ0v) is 57.3. The molecule has 0 saturated carbocycles. The molecule has 2 saturated heterocycles. The number of unbranched alkanes of at least 4 members (excludes halogenated alkanes) is 33. The first-order valence-corrected chi connectivity index (χ1v) is 37.0. The van der Waals surface area contributed by atoms with Crippen molar-refractivity contribution < 1.29 is 64.6 Å². The van der Waals surface area contributed by atoms with Crippen molar-refractivity contribution in [2.75, 3.05) is 19.8 Å². The highest BCUT2D eigenvalue weighted by molar-refractivity contribution is 5.76. The first-order valence-electron chi connectivity index (χ1n) is 37.0. The summed E-state index contributed by atoms with van der Waals surface area (Å²) in [7, 11) is 0. The Balaban J connectivity index is 1.63. The average molecular weight is 1280 g/mol. The highest BCUT2D eigenvalue weighted by Crippen LogP contribution is 2.30. The summed E-state index contributed by atoms with van der Waals surface area (Å²) >= 11 is 0. The minimum absolute atomic E-state index is 0.239. The lowest BCUT2D eigenvalue weighted by atomic mass is 9.97. The Labute approximate surface area is 553 Å². The predicted molar refractivity (Wildman–Crippen MR) is 373 cm³/mol. The van der Waals surface area contributed by atoms with E-state index in [0.717, 1.165) is 83.5 Å². The van der Waals surface area contributed by atoms with Crippen LogP contribution < -0.4 is 5.32 Å². The fourth-order valence-corrected chi connectivity index (χ4v) is 11.7. The number of carbonyl (C=O) groups excluding carboxylic acids is 1. The first kappa shape index (κ1) is 84.0. The summed E-state index contributed by atoms with van der Waals surface area (Å²) in [5.41, 5.74) is 0. The SMILES string of the molecule is CC/C=C\C/C=C\C/C=C\C/C=C\C/C=C\C/C=C\C/C=C\CCCCCCCCCCCCCCCCCC(=O)NC(COC1OC(CO)C(OC2OC(CO)C(O)C(O)C2O)C(O)C1O)C(O)/C=C/CCCCCCCCCCCCCCCCCCCC. The maximum atomic E-state index is 13.4. The number of ether oxygens (including phenoxy) is 4. The van der Waals surface area contributed by atoms with Crippen LogP contribution in [-0.4, -0.2) is 140 Å². The molecule has 2 fully saturated rings. The molecule has 12 unspecified atom stereocenters. The lowest BCUT2D eigenvalue weighted by Gasteiger charge is -2.46. The van der Waals surface area contributed by atoms with E-state index in [1.807, 2.05) is 6.08 Å². The van der Waals surface area contributed by atoms with Gasteiger partial charge >= 0.3 is 0 Å². The van der Waals surface area contributed by atoms with E-state index in [4.69, 9.17) is 18.9 Å². The third-order valence-electron chi connectivity index (χ3n) is 17.5. The van der Waals surface area contributed by atoms with Crippen LogP contribution in [0.5, 0.6) is 0 Å². The van der Waals surface area contributed by atoms with E-state index >= 15 is 0 Å². The van der Waals surface area contributed by atoms with Gasteiger partial charge in [0.15, 0.2) is 12.6 Å². The van der Waals surface area contributed by atoms with Crippen molar-refractivity contribution in [1.82, 2.24) is 5.32 Å². The summed E-state index contributed by atoms with van der Waals surface area (Å²) in [6.45, 7) is 2.71. The lowest BCUT2D eigenvalue weighted by molar-refractivity contribution is -0.359. The molecule has 14 heteroatoms. The molecule has 1 amide bonds. The molecule has 9 N–H and O–H groups in total. The summed E-state index contributed by atoms with van der Waals surface area (Å²) in [6, 6.07) is -0.920. The van der Waals surface area contributed by atoms with Crippen LogP contribution in [-0.2, 0) is 23.7 Å². The van der Waals surface area contributed by atoms with Gasteiger partial charge in [0.2, 0.25) is 5.91 Å². The molecule has 0 bridgehead atoms. The number of aliphatic hydroxyl groups excluding tert-OH is 8. The van der Waals surface area contributed by atoms with Crippen molar-refractivity contribution in [3.05, 3.63) is 97.2 Å². The number of hydrogen-bond donors (Lipinski definition) is 9. The standard InChI is InChI=1S/C77H135NO13/c1-3-5-7-9-11-13-15-17-19-21-23-25-26-27-28-29-30-31-32-33-34-35-36-37-38-39-40-41-43-45-47-49-51-53-55-57-59-61-69(82)78-65(66(81)60-58-56-54-52-50-48-46-44-42-24-22-20-18-16-14-12-10-8-6-4-2)64-88-76-74(87)72(85)75(68(63-80)90-76)91-77-73(86)71(84)70(83)67(62-79)89-77/h5,7,11,13,17,19,23,25,27-28,30-31,33-34,58,60,65-68,70-77,79-81,83-87H,3-4,6,8-10,12,14-16,18,20-22,24,26,29,32,35-57,59,61-64H2,1-2H3,(H,78,82)/b7-5-,13-11-,19-17-,25-23-,28-27-,31-30-,34-33-,60-58+. The molecule has 91 heavy (non-hydrogen) atoms. The van der Waals surface area contributed by atoms with Gasteiger partial charge < -0.3 is 65.1 Å². The van der Waals surface area contributed by atoms with Gasteiger partial charge in [-0.15, -0.1) is 0 Å². The smallest absolute Gasteiger partial charge is 0.220 e. The van der Waals surface area contributed by atoms with Crippen molar-refractivity contribution in [3.8, 4) is 0 Å². The van der Waals surface area contributed by atoms with E-state index in [9.17, 15) is 45.6 Å². The fourth-order valence-electron chi connectivity index (χ4n) is 11.7. The Morgan fingerprint density at radius 2 is 0.758 bits per heavy atom. The molecule has 0 aromatic heterocycles. The molecule has 0 aromatic rings. The van der Waals surface area contributed by atoms with Crippen molar-refractivity contribution in [2.24, 2.45) is 0 Å². The number of aliphatic hydroxyl groups is 8. The quantitative estimate of drug-likeness (QED) is 0.0204. The Bertz CT molecular complexity index is 1900. The second-order valence-electron chi connectivity index (χ2n) is 25.7. The van der Waals surface area contributed by atoms with Crippen LogP contribution in [0.15, 0.2) is 97.2 Å². The zero-order chi connectivity index (χ0) is 65.9. The normalized spacial score (nSPS) is 23.4. The fraction of sp³-hybridized carbons (Fsp3) is 0.779. The minimum atomic E-state index is -1.79. The minimum Gasteiger partial charge on any atom is -0.394 e. The van der Waals surface area contributed by atoms with E-state index < -0.39 is 86.8 Å². The second-order valence-corrected chi connectivity index (χ2v) is 25.7. The maximum absolute atomic E-state index is 13.4. The molecule has 12 atom stereocenters. The number of carbonyl (C=O) groups is 1. The van der Waals surface area contributed by atoms with Gasteiger partial charge in [0.25, 0.3) is 0 Å². The summed E-state index contributed by atoms with van der Waals surface area (Å²) in [5, 5.41) is 87.5. The third-order valence-corrected chi connectivity index (χ3v) is 17.5. The van der Waals surface area contributed by atoms with Gasteiger partial charge in [-0.3, -0.25) is 4.79 Å². The van der Waals surface area contributed by atoms with Crippen LogP contribution in [0.2, 0.25) is 0 Å². The van der Waals surface area contributed by atoms with Crippen LogP contribution in [0, 0.1) is 0 Å². The second kappa shape index (κ2) is 60.6. The highest BCUT2D eigenvalue weighted by atomic mass is 16.7. The molecule has 0 spiro atoms. The Morgan fingerprint density at radius 1 is 0.407 bits per heavy atom. The molecular formula is C77H135NO13. The molecule has 2 heterocycles. The summed E-state index contributed by atoms with van der Waals surface area (Å²) in [5.74, 6) is -0.239. The number of amides is 1. The van der Waals surface area contributed by atoms with Crippen LogP contribution in [0.3, 0.4) is 0 Å². The Kier molecular flexibility index (Phi) is 55.9. The van der Waals surface area contributed by atoms with E-state index in [1.54, 1.807) is 6.08 Å². The number of nitrogens with one attached hydrogen (secondary N) is 1. The molecule has 0 aliphatic carbocycles. The highest BCUT2D eigenvalue weighted by Gasteiger charge is 2.51. The summed E-state index contributed by atoms with van der Waals surface area (Å²) < 4.78 is 22.9. The molecule has 14 nitrogen and oxygen atoms in total. The molecule has 2 aliphatic rings. The predicted octanol–water partition coefficient (Wildman–Crippen LogP) is 15.7. The number of allylic oxidation sites excluding steroid dienone is 15. The van der Waals surface area contributed by atoms with Crippen LogP contribution in [0.1, 0.15) is 290 Å². The van der Waals surface area contributed by atoms with Gasteiger partial charge in [-0.2, -0.15) is 0 Å². The van der Waals surface area contributed by atoms with Gasteiger partial charge in [-0.25, -0.2) is 0 Å². The Hall–Kier alpha value is -3.09. The molecule has 526 valence electrons. The van der Waals surface area contributed by atoms with Crippen molar-refractivity contribution in [1.29, 1.82) is 0 Å². The van der Waals surface area contributed by atoms with Gasteiger partial charge in [0, 0.05) is 6.42 Å². The first-order chi connectivity index (χ1) is 44.6. The molecule has 2 rings (SSSR count). The molecular weight excluding hydrogens is 1150 g/mol.